The summed E-state index contributed by atoms with van der Waals surface area (Å²) >= 11 is 0.435. The standard InChI is InChI=1S/C15H23IN/c1-17-13-5-8-15(17)10-12-16-11-9-14-6-3-2-4-7-14/h2-4,6-7,15H,5,8-13H2,1H3/q-1. The van der Waals surface area contributed by atoms with Crippen LogP contribution < -0.4 is 21.2 Å². The summed E-state index contributed by atoms with van der Waals surface area (Å²) in [6.45, 7) is 1.33. The summed E-state index contributed by atoms with van der Waals surface area (Å²) in [6, 6.07) is 11.8. The molecule has 0 aliphatic carbocycles. The Balaban J connectivity index is 1.55. The minimum absolute atomic E-state index is 0.435. The monoisotopic (exact) mass is 344 g/mol. The molecule has 1 aromatic carbocycles. The van der Waals surface area contributed by atoms with E-state index >= 15 is 0 Å². The molecule has 1 aromatic rings. The van der Waals surface area contributed by atoms with Crippen molar-refractivity contribution in [2.75, 3.05) is 22.4 Å². The van der Waals surface area contributed by atoms with E-state index in [2.05, 4.69) is 42.3 Å². The van der Waals surface area contributed by atoms with Gasteiger partial charge in [-0.1, -0.05) is 0 Å². The molecule has 2 rings (SSSR count). The predicted molar refractivity (Wildman–Crippen MR) is 70.1 cm³/mol. The number of rotatable bonds is 6. The molecule has 0 N–H and O–H groups in total. The van der Waals surface area contributed by atoms with Gasteiger partial charge in [-0.2, -0.15) is 0 Å². The van der Waals surface area contributed by atoms with Gasteiger partial charge in [0.1, 0.15) is 0 Å². The number of hydrogen-bond donors (Lipinski definition) is 0. The summed E-state index contributed by atoms with van der Waals surface area (Å²) < 4.78 is 2.97. The Hall–Kier alpha value is -0.0900. The number of aryl methyl sites for hydroxylation is 1. The Morgan fingerprint density at radius 2 is 2.06 bits per heavy atom. The van der Waals surface area contributed by atoms with Crippen LogP contribution in [-0.2, 0) is 6.42 Å². The van der Waals surface area contributed by atoms with E-state index in [1.807, 2.05) is 0 Å². The predicted octanol–water partition coefficient (Wildman–Crippen LogP) is -0.198. The van der Waals surface area contributed by atoms with Gasteiger partial charge >= 0.3 is 116 Å². The molecule has 0 spiro atoms. The van der Waals surface area contributed by atoms with Crippen LogP contribution in [0, 0.1) is 0 Å². The first kappa shape index (κ1) is 13.3. The first-order valence-corrected chi connectivity index (χ1v) is 9.69. The normalized spacial score (nSPS) is 21.1. The minimum atomic E-state index is 0.435. The van der Waals surface area contributed by atoms with E-state index in [1.165, 1.54) is 46.6 Å². The quantitative estimate of drug-likeness (QED) is 0.393. The molecule has 2 heteroatoms. The topological polar surface area (TPSA) is 3.24 Å². The third kappa shape index (κ3) is 4.59. The van der Waals surface area contributed by atoms with E-state index in [4.69, 9.17) is 0 Å². The Bertz CT molecular complexity index is 312. The van der Waals surface area contributed by atoms with E-state index in [1.54, 1.807) is 0 Å². The van der Waals surface area contributed by atoms with Gasteiger partial charge in [0.25, 0.3) is 0 Å². The molecule has 1 saturated heterocycles. The summed E-state index contributed by atoms with van der Waals surface area (Å²) in [5.41, 5.74) is 1.52. The Labute approximate surface area is 116 Å². The fourth-order valence-electron chi connectivity index (χ4n) is 2.46. The molecule has 1 aliphatic rings. The summed E-state index contributed by atoms with van der Waals surface area (Å²) in [5.74, 6) is 0. The molecule has 1 atom stereocenters. The molecule has 0 bridgehead atoms. The van der Waals surface area contributed by atoms with Gasteiger partial charge < -0.3 is 0 Å². The molecule has 1 heterocycles. The Morgan fingerprint density at radius 3 is 2.76 bits per heavy atom. The van der Waals surface area contributed by atoms with Crippen LogP contribution in [0.3, 0.4) is 0 Å². The van der Waals surface area contributed by atoms with E-state index in [-0.39, 0.29) is 0 Å². The maximum atomic E-state index is 2.56. The van der Waals surface area contributed by atoms with Crippen molar-refractivity contribution in [3.05, 3.63) is 35.9 Å². The average molecular weight is 344 g/mol. The zero-order chi connectivity index (χ0) is 11.9. The molecule has 1 unspecified atom stereocenters. The number of hydrogen-bond acceptors (Lipinski definition) is 1. The van der Waals surface area contributed by atoms with E-state index < -0.39 is 0 Å². The molecule has 96 valence electrons. The summed E-state index contributed by atoms with van der Waals surface area (Å²) in [5, 5.41) is 0. The van der Waals surface area contributed by atoms with Crippen LogP contribution in [0.15, 0.2) is 30.3 Å². The van der Waals surface area contributed by atoms with Crippen LogP contribution in [0.2, 0.25) is 0 Å². The van der Waals surface area contributed by atoms with Crippen LogP contribution >= 0.6 is 0 Å². The number of nitrogens with zero attached hydrogens (tertiary/aromatic N) is 1. The Morgan fingerprint density at radius 1 is 1.24 bits per heavy atom. The molecule has 1 fully saturated rings. The van der Waals surface area contributed by atoms with Gasteiger partial charge in [0.15, 0.2) is 0 Å². The van der Waals surface area contributed by atoms with Crippen molar-refractivity contribution in [1.29, 1.82) is 0 Å². The van der Waals surface area contributed by atoms with E-state index in [0.29, 0.717) is 21.2 Å². The van der Waals surface area contributed by atoms with Crippen LogP contribution in [0.4, 0.5) is 0 Å². The van der Waals surface area contributed by atoms with Crippen LogP contribution in [-0.4, -0.2) is 33.4 Å². The van der Waals surface area contributed by atoms with Crippen molar-refractivity contribution in [2.45, 2.75) is 31.7 Å². The summed E-state index contributed by atoms with van der Waals surface area (Å²) in [4.78, 5) is 2.56. The van der Waals surface area contributed by atoms with Crippen molar-refractivity contribution < 1.29 is 21.2 Å². The van der Waals surface area contributed by atoms with Crippen molar-refractivity contribution in [2.24, 2.45) is 0 Å². The molecule has 0 aromatic heterocycles. The fourth-order valence-corrected chi connectivity index (χ4v) is 5.17. The van der Waals surface area contributed by atoms with Crippen LogP contribution in [0.1, 0.15) is 24.8 Å². The van der Waals surface area contributed by atoms with Gasteiger partial charge in [0.2, 0.25) is 0 Å². The van der Waals surface area contributed by atoms with Crippen molar-refractivity contribution >= 4 is 0 Å². The van der Waals surface area contributed by atoms with Crippen molar-refractivity contribution in [3.8, 4) is 0 Å². The fraction of sp³-hybridized carbons (Fsp3) is 0.600. The van der Waals surface area contributed by atoms with E-state index in [0.717, 1.165) is 6.04 Å². The molecule has 17 heavy (non-hydrogen) atoms. The molecular formula is C15H23IN-. The van der Waals surface area contributed by atoms with Gasteiger partial charge in [-0.3, -0.25) is 0 Å². The molecule has 1 nitrogen and oxygen atoms in total. The number of likely N-dealkylation sites (tertiary alicyclic amines) is 1. The average Bonchev–Trinajstić information content (AvgIpc) is 2.76. The summed E-state index contributed by atoms with van der Waals surface area (Å²) in [7, 11) is 2.29. The molecular weight excluding hydrogens is 321 g/mol. The third-order valence-corrected chi connectivity index (χ3v) is 6.29. The molecule has 1 aliphatic heterocycles. The van der Waals surface area contributed by atoms with Crippen LogP contribution in [0.25, 0.3) is 0 Å². The van der Waals surface area contributed by atoms with Gasteiger partial charge in [-0.15, -0.1) is 0 Å². The molecule has 0 saturated carbocycles. The second-order valence-electron chi connectivity index (χ2n) is 4.87. The third-order valence-electron chi connectivity index (χ3n) is 3.61. The van der Waals surface area contributed by atoms with Gasteiger partial charge in [0.05, 0.1) is 0 Å². The van der Waals surface area contributed by atoms with Crippen molar-refractivity contribution in [3.63, 3.8) is 0 Å². The number of benzene rings is 1. The first-order valence-electron chi connectivity index (χ1n) is 6.64. The zero-order valence-electron chi connectivity index (χ0n) is 10.7. The van der Waals surface area contributed by atoms with Crippen LogP contribution in [0.5, 0.6) is 0 Å². The van der Waals surface area contributed by atoms with Gasteiger partial charge in [-0.05, 0) is 0 Å². The van der Waals surface area contributed by atoms with Gasteiger partial charge in [-0.25, -0.2) is 0 Å². The zero-order valence-corrected chi connectivity index (χ0v) is 12.9. The van der Waals surface area contributed by atoms with E-state index in [9.17, 15) is 0 Å². The first-order chi connectivity index (χ1) is 8.36. The maximum absolute atomic E-state index is 2.56. The second-order valence-corrected chi connectivity index (χ2v) is 8.10. The van der Waals surface area contributed by atoms with Gasteiger partial charge in [0, 0.05) is 0 Å². The molecule has 0 amide bonds. The number of halogens is 1. The van der Waals surface area contributed by atoms with Crippen molar-refractivity contribution in [1.82, 2.24) is 4.90 Å². The second kappa shape index (κ2) is 7.37. The number of alkyl halides is 2. The summed E-state index contributed by atoms with van der Waals surface area (Å²) in [6.07, 6.45) is 5.62. The molecule has 0 radical (unpaired) electrons. The Kier molecular flexibility index (Phi) is 5.78. The SMILES string of the molecule is CN1CCCC1CC[I-]CCc1ccccc1.